The van der Waals surface area contributed by atoms with E-state index in [1.165, 1.54) is 22.7 Å². The molecule has 0 spiro atoms. The number of amides is 4. The van der Waals surface area contributed by atoms with Gasteiger partial charge in [0, 0.05) is 46.9 Å². The van der Waals surface area contributed by atoms with Crippen LogP contribution in [0, 0.1) is 0 Å². The molecule has 0 aliphatic rings. The Morgan fingerprint density at radius 3 is 1.24 bits per heavy atom. The van der Waals surface area contributed by atoms with Crippen molar-refractivity contribution in [2.45, 2.75) is 87.6 Å². The van der Waals surface area contributed by atoms with Crippen molar-refractivity contribution in [1.82, 2.24) is 21.3 Å². The van der Waals surface area contributed by atoms with Crippen molar-refractivity contribution in [3.63, 3.8) is 0 Å². The molecule has 0 aliphatic heterocycles. The Balaban J connectivity index is 2.15. The van der Waals surface area contributed by atoms with Gasteiger partial charge in [-0.25, -0.2) is 9.59 Å². The fourth-order valence-corrected chi connectivity index (χ4v) is 8.38. The highest BCUT2D eigenvalue weighted by Gasteiger charge is 2.30. The molecule has 0 bridgehead atoms. The highest BCUT2D eigenvalue weighted by atomic mass is 33.1. The van der Waals surface area contributed by atoms with Gasteiger partial charge < -0.3 is 53.2 Å². The average molecular weight is 833 g/mol. The normalized spacial score (nSPS) is 14.3. The van der Waals surface area contributed by atoms with Gasteiger partial charge >= 0.3 is 23.9 Å². The maximum atomic E-state index is 13.4. The number of carboxylic acid groups (broad SMARTS) is 4. The molecule has 0 fully saturated rings. The smallest absolute Gasteiger partial charge is 0.326 e. The lowest BCUT2D eigenvalue weighted by molar-refractivity contribution is -0.142. The van der Waals surface area contributed by atoms with E-state index in [2.05, 4.69) is 21.3 Å². The molecule has 2 aromatic rings. The quantitative estimate of drug-likeness (QED) is 0.0426. The van der Waals surface area contributed by atoms with Crippen molar-refractivity contribution in [3.05, 3.63) is 44.8 Å². The van der Waals surface area contributed by atoms with Crippen molar-refractivity contribution < 1.29 is 58.8 Å². The van der Waals surface area contributed by atoms with Gasteiger partial charge in [0.25, 0.3) is 0 Å². The first-order valence-corrected chi connectivity index (χ1v) is 20.7. The Kier molecular flexibility index (Phi) is 20.6. The number of nitrogens with one attached hydrogen (secondary N) is 4. The lowest BCUT2D eigenvalue weighted by Gasteiger charge is -2.23. The minimum absolute atomic E-state index is 0.0102. The molecule has 18 nitrogen and oxygen atoms in total. The highest BCUT2D eigenvalue weighted by molar-refractivity contribution is 8.76. The lowest BCUT2D eigenvalue weighted by atomic mass is 10.1. The molecular formula is C32H44N6O12S4. The van der Waals surface area contributed by atoms with Crippen LogP contribution >= 0.6 is 44.3 Å². The Morgan fingerprint density at radius 1 is 0.574 bits per heavy atom. The molecule has 0 saturated heterocycles. The van der Waals surface area contributed by atoms with E-state index in [9.17, 15) is 48.6 Å². The molecule has 22 heteroatoms. The Labute approximate surface area is 326 Å². The summed E-state index contributed by atoms with van der Waals surface area (Å²) < 4.78 is 0. The van der Waals surface area contributed by atoms with Gasteiger partial charge in [0.15, 0.2) is 0 Å². The third kappa shape index (κ3) is 17.7. The number of nitrogens with two attached hydrogens (primary N) is 2. The third-order valence-electron chi connectivity index (χ3n) is 7.53. The van der Waals surface area contributed by atoms with Crippen LogP contribution in [0.2, 0.25) is 0 Å². The first-order valence-electron chi connectivity index (χ1n) is 16.5. The number of aliphatic carboxylic acids is 4. The molecule has 12 N–H and O–H groups in total. The van der Waals surface area contributed by atoms with E-state index in [0.29, 0.717) is 9.75 Å². The largest absolute Gasteiger partial charge is 0.480 e. The van der Waals surface area contributed by atoms with Gasteiger partial charge in [-0.3, -0.25) is 28.8 Å². The van der Waals surface area contributed by atoms with Crippen LogP contribution in [0.5, 0.6) is 0 Å². The summed E-state index contributed by atoms with van der Waals surface area (Å²) >= 11 is 2.60. The van der Waals surface area contributed by atoms with Gasteiger partial charge in [-0.05, 0) is 48.6 Å². The summed E-state index contributed by atoms with van der Waals surface area (Å²) in [5, 5.41) is 51.0. The standard InChI is InChI=1S/C32H44N6O12S4/c33-19(29(43)44)7-1-9-25(39)35-23(27(41)37-21(31(47)48)13-17-5-3-11-51-17)15-53-54-16-24(36-26(40)10-2-8-20(34)30(45)46)28(42)38-22(32(49)50)14-18-6-4-12-52-18/h3-6,11-12,19-24H,1-2,7-10,13-16,33-34H2,(H,35,39)(H,36,40)(H,37,41)(H,38,42)(H,43,44)(H,45,46)(H,47,48)(H,49,50)/t19-,20-,21?,22?,23?,24?/m0/s1. The lowest BCUT2D eigenvalue weighted by Crippen LogP contribution is -2.53. The Morgan fingerprint density at radius 2 is 0.944 bits per heavy atom. The molecule has 2 heterocycles. The second-order valence-corrected chi connectivity index (χ2v) is 16.5. The molecule has 2 aromatic heterocycles. The van der Waals surface area contributed by atoms with Gasteiger partial charge in [0.2, 0.25) is 23.6 Å². The monoisotopic (exact) mass is 832 g/mol. The van der Waals surface area contributed by atoms with Gasteiger partial charge in [-0.1, -0.05) is 33.7 Å². The molecule has 0 aliphatic carbocycles. The second-order valence-electron chi connectivity index (χ2n) is 11.8. The minimum atomic E-state index is -1.33. The molecule has 4 amide bonds. The van der Waals surface area contributed by atoms with E-state index < -0.39 is 83.8 Å². The van der Waals surface area contributed by atoms with Crippen LogP contribution in [0.1, 0.15) is 48.3 Å². The molecule has 6 atom stereocenters. The molecule has 4 unspecified atom stereocenters. The van der Waals surface area contributed by atoms with Gasteiger partial charge in [-0.2, -0.15) is 0 Å². The van der Waals surface area contributed by atoms with Crippen LogP contribution in [0.4, 0.5) is 0 Å². The van der Waals surface area contributed by atoms with E-state index in [1.807, 2.05) is 0 Å². The fourth-order valence-electron chi connectivity index (χ4n) is 4.55. The van der Waals surface area contributed by atoms with Gasteiger partial charge in [-0.15, -0.1) is 22.7 Å². The first-order chi connectivity index (χ1) is 25.6. The molecule has 0 aromatic carbocycles. The predicted octanol–water partition coefficient (Wildman–Crippen LogP) is 0.249. The molecule has 54 heavy (non-hydrogen) atoms. The fraction of sp³-hybridized carbons (Fsp3) is 0.500. The zero-order chi connectivity index (χ0) is 40.2. The van der Waals surface area contributed by atoms with E-state index in [4.69, 9.17) is 21.7 Å². The van der Waals surface area contributed by atoms with Gasteiger partial charge in [0.1, 0.15) is 36.3 Å². The van der Waals surface area contributed by atoms with E-state index in [0.717, 1.165) is 21.6 Å². The van der Waals surface area contributed by atoms with Crippen molar-refractivity contribution in [1.29, 1.82) is 0 Å². The minimum Gasteiger partial charge on any atom is -0.480 e. The molecule has 0 radical (unpaired) electrons. The molecule has 0 saturated carbocycles. The summed E-state index contributed by atoms with van der Waals surface area (Å²) in [4.78, 5) is 99.7. The van der Waals surface area contributed by atoms with Crippen LogP contribution < -0.4 is 32.7 Å². The topological polar surface area (TPSA) is 318 Å². The Bertz CT molecular complexity index is 1450. The summed E-state index contributed by atoms with van der Waals surface area (Å²) in [5.41, 5.74) is 11.0. The van der Waals surface area contributed by atoms with E-state index in [-0.39, 0.29) is 62.9 Å². The number of hydrogen-bond acceptors (Lipinski definition) is 14. The first kappa shape index (κ1) is 45.9. The number of thiophene rings is 2. The summed E-state index contributed by atoms with van der Waals surface area (Å²) in [6.45, 7) is 0. The zero-order valence-corrected chi connectivity index (χ0v) is 32.1. The number of carboxylic acids is 4. The van der Waals surface area contributed by atoms with Crippen LogP contribution in [-0.2, 0) is 51.2 Å². The summed E-state index contributed by atoms with van der Waals surface area (Å²) in [6, 6.07) is -0.729. The average Bonchev–Trinajstić information content (AvgIpc) is 3.82. The van der Waals surface area contributed by atoms with Gasteiger partial charge in [0.05, 0.1) is 0 Å². The van der Waals surface area contributed by atoms with Crippen LogP contribution in [0.15, 0.2) is 35.0 Å². The second kappa shape index (κ2) is 24.2. The predicted molar refractivity (Wildman–Crippen MR) is 203 cm³/mol. The summed E-state index contributed by atoms with van der Waals surface area (Å²) in [5.74, 6) is -8.26. The van der Waals surface area contributed by atoms with Crippen LogP contribution in [0.3, 0.4) is 0 Å². The summed E-state index contributed by atoms with van der Waals surface area (Å²) in [7, 11) is 2.00. The zero-order valence-electron chi connectivity index (χ0n) is 28.8. The van der Waals surface area contributed by atoms with Crippen molar-refractivity contribution in [2.24, 2.45) is 11.5 Å². The van der Waals surface area contributed by atoms with E-state index in [1.54, 1.807) is 35.0 Å². The summed E-state index contributed by atoms with van der Waals surface area (Å²) in [6.07, 6.45) is -0.228. The number of rotatable bonds is 27. The van der Waals surface area contributed by atoms with Crippen molar-refractivity contribution in [3.8, 4) is 0 Å². The Hall–Kier alpha value is -4.22. The van der Waals surface area contributed by atoms with E-state index >= 15 is 0 Å². The van der Waals surface area contributed by atoms with Crippen molar-refractivity contribution >= 4 is 91.8 Å². The van der Waals surface area contributed by atoms with Crippen molar-refractivity contribution in [2.75, 3.05) is 11.5 Å². The SMILES string of the molecule is N[C@@H](CCCC(=O)NC(CSSCC(NC(=O)CCC[C@H](N)C(=O)O)C(=O)NC(Cc1cccs1)C(=O)O)C(=O)NC(Cc1cccs1)C(=O)O)C(=O)O. The maximum absolute atomic E-state index is 13.4. The number of carbonyl (C=O) groups is 8. The third-order valence-corrected chi connectivity index (χ3v) is 11.7. The maximum Gasteiger partial charge on any atom is 0.326 e. The molecule has 298 valence electrons. The number of carbonyl (C=O) groups excluding carboxylic acids is 4. The van der Waals surface area contributed by atoms with Crippen LogP contribution in [0.25, 0.3) is 0 Å². The molecule has 2 rings (SSSR count). The van der Waals surface area contributed by atoms with Crippen LogP contribution in [-0.4, -0.2) is 116 Å². The highest BCUT2D eigenvalue weighted by Crippen LogP contribution is 2.24. The molecular weight excluding hydrogens is 789 g/mol. The number of hydrogen-bond donors (Lipinski definition) is 10.